The number of nitrogens with two attached hydrogens (primary N) is 2. The third kappa shape index (κ3) is 15.3. The molecule has 6 rings (SSSR count). The zero-order chi connectivity index (χ0) is 55.0. The van der Waals surface area contributed by atoms with Crippen LogP contribution in [0.1, 0.15) is 113 Å². The third-order valence-corrected chi connectivity index (χ3v) is 17.0. The number of halogens is 1. The fraction of sp³-hybridized carbons (Fsp3) is 0.754. The van der Waals surface area contributed by atoms with Gasteiger partial charge < -0.3 is 68.2 Å². The smallest absolute Gasteiger partial charge is 0.311 e. The Balaban J connectivity index is 1.20. The van der Waals surface area contributed by atoms with Crippen molar-refractivity contribution in [2.24, 2.45) is 23.6 Å². The first-order valence-electron chi connectivity index (χ1n) is 27.5. The molecule has 4 aliphatic heterocycles. The highest BCUT2D eigenvalue weighted by Crippen LogP contribution is 2.44. The Bertz CT molecular complexity index is 2130. The molecule has 18 heteroatoms. The molecule has 4 saturated heterocycles. The molecule has 0 radical (unpaired) electrons. The number of pyridine rings is 1. The lowest BCUT2D eigenvalue weighted by atomic mass is 9.78. The van der Waals surface area contributed by atoms with E-state index in [2.05, 4.69) is 30.8 Å². The molecule has 0 saturated carbocycles. The predicted octanol–water partition coefficient (Wildman–Crippen LogP) is 5.60. The van der Waals surface area contributed by atoms with Crippen LogP contribution in [0.25, 0.3) is 11.1 Å². The topological polar surface area (TPSA) is 197 Å². The Morgan fingerprint density at radius 3 is 2.32 bits per heavy atom. The van der Waals surface area contributed by atoms with Crippen LogP contribution in [0.3, 0.4) is 0 Å². The summed E-state index contributed by atoms with van der Waals surface area (Å²) in [6.07, 6.45) is 2.80. The number of benzene rings is 1. The molecule has 75 heavy (non-hydrogen) atoms. The minimum absolute atomic E-state index is 0.0622. The van der Waals surface area contributed by atoms with Crippen LogP contribution < -0.4 is 15.9 Å². The number of likely N-dealkylation sites (N-methyl/N-ethyl adjacent to an activating group) is 1. The van der Waals surface area contributed by atoms with Crippen molar-refractivity contribution in [2.45, 2.75) is 198 Å². The molecular weight excluding hydrogens is 964 g/mol. The number of quaternary nitrogens is 1. The summed E-state index contributed by atoms with van der Waals surface area (Å²) < 4.78 is 66.4. The number of aliphatic hydroxyl groups is 2. The first kappa shape index (κ1) is 60.9. The number of alkyl halides is 1. The van der Waals surface area contributed by atoms with Crippen LogP contribution in [0.5, 0.6) is 5.88 Å². The highest BCUT2D eigenvalue weighted by molar-refractivity contribution is 5.73. The van der Waals surface area contributed by atoms with Crippen LogP contribution in [-0.4, -0.2) is 182 Å². The first-order valence-corrected chi connectivity index (χ1v) is 27.5. The Hall–Kier alpha value is -3.37. The van der Waals surface area contributed by atoms with Gasteiger partial charge in [0.15, 0.2) is 12.6 Å². The van der Waals surface area contributed by atoms with Crippen molar-refractivity contribution >= 4 is 5.97 Å². The Labute approximate surface area is 447 Å². The third-order valence-electron chi connectivity index (χ3n) is 17.0. The maximum Gasteiger partial charge on any atom is 0.311 e. The van der Waals surface area contributed by atoms with Gasteiger partial charge in [0.25, 0.3) is 0 Å². The van der Waals surface area contributed by atoms with E-state index in [0.717, 1.165) is 28.8 Å². The molecule has 5 heterocycles. The summed E-state index contributed by atoms with van der Waals surface area (Å²) in [5, 5.41) is 27.2. The van der Waals surface area contributed by atoms with Crippen molar-refractivity contribution in [3.63, 3.8) is 0 Å². The fourth-order valence-electron chi connectivity index (χ4n) is 12.1. The second kappa shape index (κ2) is 26.5. The van der Waals surface area contributed by atoms with Gasteiger partial charge in [-0.2, -0.15) is 0 Å². The van der Waals surface area contributed by atoms with Gasteiger partial charge in [0, 0.05) is 81.7 Å². The van der Waals surface area contributed by atoms with Gasteiger partial charge >= 0.3 is 5.97 Å². The summed E-state index contributed by atoms with van der Waals surface area (Å²) in [4.78, 5) is 23.3. The van der Waals surface area contributed by atoms with Crippen LogP contribution in [0.4, 0.5) is 4.39 Å². The minimum atomic E-state index is -1.75. The van der Waals surface area contributed by atoms with Crippen LogP contribution in [0, 0.1) is 17.8 Å². The standard InChI is InChI=1S/C57H93FN6O11/c1-15-47-57(9,67)52(65)39(6)63(12)32-41-28-56(8,70-34-41)53(37(4)51(38(5)54(66)73-47)74-50-29-55(7,69-14)27-36(3)72-50)75-49-26-45(24-35(2)71-49)62(11)23-22-44(60-10)33-64(59)46(30-58)25-40-16-18-42(19-17-40)43-20-21-48(68-13)61-31-43/h16-21,31,33,35-39,41,45-47,49-53,60,65,67H,15,22-30,32,34,59H2,1-14H3/p+1/b44-33-/t35-,36+,37+,38-,39-,41-,45+,46+,47-,49+,50+,51+,52-,53-,55+,56-,57-/m1/s1. The lowest BCUT2D eigenvalue weighted by molar-refractivity contribution is -0.579. The van der Waals surface area contributed by atoms with E-state index >= 15 is 0 Å². The molecule has 4 fully saturated rings. The number of fused-ring (bicyclic) bond motifs is 2. The average Bonchev–Trinajstić information content (AvgIpc) is 3.77. The monoisotopic (exact) mass is 1060 g/mol. The summed E-state index contributed by atoms with van der Waals surface area (Å²) in [5.74, 6) is 5.30. The quantitative estimate of drug-likeness (QED) is 0.0818. The van der Waals surface area contributed by atoms with Gasteiger partial charge in [0.05, 0.1) is 74.5 Å². The Morgan fingerprint density at radius 2 is 1.69 bits per heavy atom. The van der Waals surface area contributed by atoms with Crippen molar-refractivity contribution in [3.05, 3.63) is 60.1 Å². The summed E-state index contributed by atoms with van der Waals surface area (Å²) in [6, 6.07) is 10.9. The summed E-state index contributed by atoms with van der Waals surface area (Å²) >= 11 is 0. The highest BCUT2D eigenvalue weighted by Gasteiger charge is 2.53. The van der Waals surface area contributed by atoms with E-state index in [4.69, 9.17) is 43.7 Å². The van der Waals surface area contributed by atoms with E-state index in [1.807, 2.05) is 102 Å². The van der Waals surface area contributed by atoms with E-state index in [0.29, 0.717) is 64.1 Å². The number of carbonyl (C=O) groups is 1. The lowest BCUT2D eigenvalue weighted by Gasteiger charge is -2.47. The molecular formula is C57H94FN6O11+. The largest absolute Gasteiger partial charge is 0.481 e. The normalized spacial score (nSPS) is 37.1. The lowest BCUT2D eigenvalue weighted by Crippen LogP contribution is -2.78. The summed E-state index contributed by atoms with van der Waals surface area (Å²) in [7, 11) is 9.32. The second-order valence-electron chi connectivity index (χ2n) is 23.1. The van der Waals surface area contributed by atoms with Gasteiger partial charge in [-0.1, -0.05) is 38.1 Å². The van der Waals surface area contributed by atoms with Gasteiger partial charge in [-0.15, -0.1) is 0 Å². The molecule has 6 N–H and O–H groups in total. The fourth-order valence-corrected chi connectivity index (χ4v) is 12.1. The van der Waals surface area contributed by atoms with Gasteiger partial charge in [0.2, 0.25) is 5.88 Å². The number of carbonyl (C=O) groups excluding carboxylic acids is 1. The maximum absolute atomic E-state index is 14.7. The van der Waals surface area contributed by atoms with E-state index in [1.54, 1.807) is 34.3 Å². The van der Waals surface area contributed by atoms with E-state index in [-0.39, 0.29) is 30.6 Å². The zero-order valence-electron chi connectivity index (χ0n) is 47.6. The molecule has 2 aromatic rings. The minimum Gasteiger partial charge on any atom is -0.481 e. The van der Waals surface area contributed by atoms with Crippen molar-refractivity contribution in [3.8, 4) is 17.0 Å². The zero-order valence-corrected chi connectivity index (χ0v) is 47.6. The van der Waals surface area contributed by atoms with Crippen LogP contribution in [0.15, 0.2) is 54.5 Å². The number of aliphatic hydroxyl groups excluding tert-OH is 1. The molecule has 0 unspecified atom stereocenters. The van der Waals surface area contributed by atoms with Crippen LogP contribution in [0.2, 0.25) is 0 Å². The first-order chi connectivity index (χ1) is 35.5. The molecule has 0 spiro atoms. The van der Waals surface area contributed by atoms with E-state index < -0.39 is 90.4 Å². The molecule has 1 aromatic carbocycles. The molecule has 0 aliphatic carbocycles. The number of ether oxygens (including phenoxy) is 8. The molecule has 424 valence electrons. The van der Waals surface area contributed by atoms with Crippen molar-refractivity contribution < 1.29 is 62.6 Å². The number of esters is 1. The average molecular weight is 1060 g/mol. The summed E-state index contributed by atoms with van der Waals surface area (Å²) in [5.41, 5.74) is 0.822. The number of hydrogen-bond donors (Lipinski definition) is 4. The van der Waals surface area contributed by atoms with Crippen molar-refractivity contribution in [2.75, 3.05) is 61.7 Å². The van der Waals surface area contributed by atoms with Gasteiger partial charge in [-0.3, -0.25) is 4.79 Å². The predicted molar refractivity (Wildman–Crippen MR) is 285 cm³/mol. The van der Waals surface area contributed by atoms with Gasteiger partial charge in [-0.25, -0.2) is 15.2 Å². The van der Waals surface area contributed by atoms with Crippen molar-refractivity contribution in [1.29, 1.82) is 0 Å². The number of methoxy groups -OCH3 is 2. The van der Waals surface area contributed by atoms with E-state index in [9.17, 15) is 19.4 Å². The Morgan fingerprint density at radius 1 is 1.00 bits per heavy atom. The van der Waals surface area contributed by atoms with Crippen LogP contribution in [-0.2, 0) is 44.4 Å². The maximum atomic E-state index is 14.7. The van der Waals surface area contributed by atoms with E-state index in [1.165, 1.54) is 5.01 Å². The molecule has 4 aliphatic rings. The number of hydrogen-bond acceptors (Lipinski definition) is 16. The molecule has 1 aromatic heterocycles. The number of aromatic nitrogens is 1. The SMILES string of the molecule is CC[C@H]1OC(=O)[C@H](C)[C@@H](O[C@H]2C[C@@](C)(OC)C[C@H](C)O2)[C@H](C)[C@@H](O[C@H]2C[C@@H](N(C)CC/C(=C/N(N)[C@H](CF)Cc3ccc(-c4ccc(OC)nc4)cc3)[NH2+]C)C[C@@H](C)O2)[C@@]2(C)C[C@@H](CO2)CN(C)[C@H](C)[C@@H](O)[C@]1(C)O. The molecule has 0 amide bonds. The second-order valence-corrected chi connectivity index (χ2v) is 23.1. The van der Waals surface area contributed by atoms with Gasteiger partial charge in [0.1, 0.15) is 30.2 Å². The molecule has 17 nitrogen and oxygen atoms in total. The van der Waals surface area contributed by atoms with Crippen molar-refractivity contribution in [1.82, 2.24) is 19.8 Å². The number of hydrazine groups is 1. The molecule has 17 atom stereocenters. The van der Waals surface area contributed by atoms with Gasteiger partial charge in [-0.05, 0) is 111 Å². The highest BCUT2D eigenvalue weighted by atomic mass is 19.1. The number of cyclic esters (lactones) is 1. The Kier molecular flexibility index (Phi) is 21.5. The summed E-state index contributed by atoms with van der Waals surface area (Å²) in [6.45, 7) is 18.4. The molecule has 2 bridgehead atoms. The number of rotatable bonds is 18. The number of nitrogens with zero attached hydrogens (tertiary/aromatic N) is 4. The van der Waals surface area contributed by atoms with Crippen LogP contribution >= 0.6 is 0 Å².